The van der Waals surface area contributed by atoms with Crippen molar-refractivity contribution in [2.75, 3.05) is 6.61 Å². The molecule has 0 bridgehead atoms. The van der Waals surface area contributed by atoms with Crippen LogP contribution in [0, 0.1) is 6.92 Å². The SMILES string of the molecule is CCOC(=O)c1n[nH]nc1-c1cccc(Oc2cncc(C)n2)c1. The van der Waals surface area contributed by atoms with Crippen LogP contribution < -0.4 is 4.74 Å². The minimum atomic E-state index is -0.530. The minimum absolute atomic E-state index is 0.129. The predicted molar refractivity (Wildman–Crippen MR) is 84.6 cm³/mol. The van der Waals surface area contributed by atoms with E-state index in [0.717, 1.165) is 5.69 Å². The Kier molecular flexibility index (Phi) is 4.46. The Morgan fingerprint density at radius 1 is 1.25 bits per heavy atom. The normalized spacial score (nSPS) is 10.4. The molecule has 2 heterocycles. The van der Waals surface area contributed by atoms with Crippen molar-refractivity contribution in [1.82, 2.24) is 25.4 Å². The highest BCUT2D eigenvalue weighted by Gasteiger charge is 2.19. The molecule has 2 aromatic heterocycles. The van der Waals surface area contributed by atoms with Gasteiger partial charge in [-0.1, -0.05) is 12.1 Å². The number of rotatable bonds is 5. The van der Waals surface area contributed by atoms with Crippen molar-refractivity contribution >= 4 is 5.97 Å². The number of carbonyl (C=O) groups is 1. The summed E-state index contributed by atoms with van der Waals surface area (Å²) < 4.78 is 10.7. The average Bonchev–Trinajstić information content (AvgIpc) is 3.05. The van der Waals surface area contributed by atoms with Crippen LogP contribution in [0.4, 0.5) is 0 Å². The van der Waals surface area contributed by atoms with Gasteiger partial charge in [0, 0.05) is 11.8 Å². The van der Waals surface area contributed by atoms with E-state index < -0.39 is 5.97 Å². The number of aromatic nitrogens is 5. The molecule has 0 radical (unpaired) electrons. The zero-order chi connectivity index (χ0) is 16.9. The van der Waals surface area contributed by atoms with Gasteiger partial charge >= 0.3 is 5.97 Å². The van der Waals surface area contributed by atoms with Gasteiger partial charge in [0.15, 0.2) is 5.69 Å². The van der Waals surface area contributed by atoms with Crippen LogP contribution in [0.5, 0.6) is 11.6 Å². The number of hydrogen-bond donors (Lipinski definition) is 1. The van der Waals surface area contributed by atoms with E-state index in [4.69, 9.17) is 9.47 Å². The van der Waals surface area contributed by atoms with Gasteiger partial charge in [-0.25, -0.2) is 9.78 Å². The molecule has 3 aromatic rings. The van der Waals surface area contributed by atoms with Crippen LogP contribution >= 0.6 is 0 Å². The fourth-order valence-electron chi connectivity index (χ4n) is 2.09. The first-order valence-corrected chi connectivity index (χ1v) is 7.32. The van der Waals surface area contributed by atoms with E-state index in [2.05, 4.69) is 25.4 Å². The smallest absolute Gasteiger partial charge is 0.361 e. The molecule has 1 aromatic carbocycles. The Labute approximate surface area is 137 Å². The van der Waals surface area contributed by atoms with Crippen LogP contribution in [0.15, 0.2) is 36.7 Å². The van der Waals surface area contributed by atoms with Gasteiger partial charge in [0.1, 0.15) is 11.4 Å². The molecule has 0 spiro atoms. The molecule has 24 heavy (non-hydrogen) atoms. The molecule has 0 aliphatic carbocycles. The molecule has 0 aliphatic rings. The molecule has 0 saturated heterocycles. The Morgan fingerprint density at radius 2 is 2.12 bits per heavy atom. The van der Waals surface area contributed by atoms with Crippen LogP contribution in [0.25, 0.3) is 11.3 Å². The third-order valence-corrected chi connectivity index (χ3v) is 3.08. The largest absolute Gasteiger partial charge is 0.461 e. The summed E-state index contributed by atoms with van der Waals surface area (Å²) >= 11 is 0. The fourth-order valence-corrected chi connectivity index (χ4v) is 2.09. The van der Waals surface area contributed by atoms with Crippen molar-refractivity contribution in [2.45, 2.75) is 13.8 Å². The number of benzene rings is 1. The van der Waals surface area contributed by atoms with Crippen LogP contribution in [0.2, 0.25) is 0 Å². The molecule has 0 aliphatic heterocycles. The molecule has 3 rings (SSSR count). The van der Waals surface area contributed by atoms with Crippen molar-refractivity contribution in [2.24, 2.45) is 0 Å². The lowest BCUT2D eigenvalue weighted by atomic mass is 10.1. The van der Waals surface area contributed by atoms with E-state index >= 15 is 0 Å². The Bertz CT molecular complexity index is 862. The van der Waals surface area contributed by atoms with Gasteiger partial charge in [0.05, 0.1) is 18.5 Å². The van der Waals surface area contributed by atoms with Crippen molar-refractivity contribution < 1.29 is 14.3 Å². The molecular weight excluding hydrogens is 310 g/mol. The quantitative estimate of drug-likeness (QED) is 0.719. The number of nitrogens with zero attached hydrogens (tertiary/aromatic N) is 4. The number of H-pyrrole nitrogens is 1. The van der Waals surface area contributed by atoms with Crippen molar-refractivity contribution in [3.8, 4) is 22.9 Å². The van der Waals surface area contributed by atoms with Crippen molar-refractivity contribution in [3.63, 3.8) is 0 Å². The molecule has 0 saturated carbocycles. The molecule has 0 fully saturated rings. The van der Waals surface area contributed by atoms with Crippen LogP contribution in [0.3, 0.4) is 0 Å². The second kappa shape index (κ2) is 6.86. The topological polar surface area (TPSA) is 103 Å². The Hall–Kier alpha value is -3.29. The third kappa shape index (κ3) is 3.37. The summed E-state index contributed by atoms with van der Waals surface area (Å²) in [5.41, 5.74) is 1.95. The predicted octanol–water partition coefficient (Wildman–Crippen LogP) is 2.54. The van der Waals surface area contributed by atoms with Gasteiger partial charge in [-0.15, -0.1) is 5.10 Å². The van der Waals surface area contributed by atoms with Gasteiger partial charge in [-0.05, 0) is 26.0 Å². The minimum Gasteiger partial charge on any atom is -0.461 e. The average molecular weight is 325 g/mol. The summed E-state index contributed by atoms with van der Waals surface area (Å²) in [7, 11) is 0. The summed E-state index contributed by atoms with van der Waals surface area (Å²) in [6.45, 7) is 3.83. The van der Waals surface area contributed by atoms with Gasteiger partial charge in [-0.2, -0.15) is 10.3 Å². The number of carbonyl (C=O) groups excluding carboxylic acids is 1. The van der Waals surface area contributed by atoms with Gasteiger partial charge in [0.25, 0.3) is 0 Å². The lowest BCUT2D eigenvalue weighted by Crippen LogP contribution is -2.06. The highest BCUT2D eigenvalue weighted by Crippen LogP contribution is 2.26. The molecule has 1 N–H and O–H groups in total. The lowest BCUT2D eigenvalue weighted by molar-refractivity contribution is 0.0520. The maximum absolute atomic E-state index is 11.9. The second-order valence-corrected chi connectivity index (χ2v) is 4.87. The second-order valence-electron chi connectivity index (χ2n) is 4.87. The molecule has 0 amide bonds. The first-order valence-electron chi connectivity index (χ1n) is 7.32. The molecule has 122 valence electrons. The summed E-state index contributed by atoms with van der Waals surface area (Å²) in [5, 5.41) is 10.3. The monoisotopic (exact) mass is 325 g/mol. The summed E-state index contributed by atoms with van der Waals surface area (Å²) in [4.78, 5) is 20.2. The summed E-state index contributed by atoms with van der Waals surface area (Å²) in [6, 6.07) is 7.11. The molecule has 8 heteroatoms. The number of aromatic amines is 1. The number of ether oxygens (including phenoxy) is 2. The van der Waals surface area contributed by atoms with Crippen molar-refractivity contribution in [1.29, 1.82) is 0 Å². The maximum atomic E-state index is 11.9. The Morgan fingerprint density at radius 3 is 2.92 bits per heavy atom. The highest BCUT2D eigenvalue weighted by atomic mass is 16.5. The zero-order valence-electron chi connectivity index (χ0n) is 13.2. The van der Waals surface area contributed by atoms with E-state index in [9.17, 15) is 4.79 Å². The van der Waals surface area contributed by atoms with E-state index in [-0.39, 0.29) is 12.3 Å². The number of hydrogen-bond acceptors (Lipinski definition) is 7. The molecule has 0 atom stereocenters. The third-order valence-electron chi connectivity index (χ3n) is 3.08. The number of nitrogens with one attached hydrogen (secondary N) is 1. The summed E-state index contributed by atoms with van der Waals surface area (Å²) in [5.74, 6) is 0.403. The standard InChI is InChI=1S/C16H15N5O3/c1-3-23-16(22)15-14(19-21-20-15)11-5-4-6-12(7-11)24-13-9-17-8-10(2)18-13/h4-9H,3H2,1-2H3,(H,19,20,21). The number of esters is 1. The van der Waals surface area contributed by atoms with Crippen LogP contribution in [0.1, 0.15) is 23.1 Å². The maximum Gasteiger partial charge on any atom is 0.361 e. The molecular formula is C16H15N5O3. The van der Waals surface area contributed by atoms with E-state index in [1.165, 1.54) is 6.20 Å². The number of aryl methyl sites for hydroxylation is 1. The van der Waals surface area contributed by atoms with E-state index in [1.54, 1.807) is 37.4 Å². The van der Waals surface area contributed by atoms with Gasteiger partial charge < -0.3 is 9.47 Å². The van der Waals surface area contributed by atoms with Gasteiger partial charge in [-0.3, -0.25) is 4.98 Å². The van der Waals surface area contributed by atoms with Gasteiger partial charge in [0.2, 0.25) is 5.88 Å². The fraction of sp³-hybridized carbons (Fsp3) is 0.188. The molecule has 8 nitrogen and oxygen atoms in total. The molecule has 0 unspecified atom stereocenters. The zero-order valence-corrected chi connectivity index (χ0v) is 13.2. The van der Waals surface area contributed by atoms with Crippen LogP contribution in [-0.4, -0.2) is 38.0 Å². The Balaban J connectivity index is 1.89. The van der Waals surface area contributed by atoms with E-state index in [0.29, 0.717) is 22.9 Å². The highest BCUT2D eigenvalue weighted by molar-refractivity contribution is 5.93. The lowest BCUT2D eigenvalue weighted by Gasteiger charge is -2.06. The van der Waals surface area contributed by atoms with Crippen LogP contribution in [-0.2, 0) is 4.74 Å². The van der Waals surface area contributed by atoms with Crippen molar-refractivity contribution in [3.05, 3.63) is 48.0 Å². The first-order chi connectivity index (χ1) is 11.7. The first kappa shape index (κ1) is 15.6. The summed E-state index contributed by atoms with van der Waals surface area (Å²) in [6.07, 6.45) is 3.17. The van der Waals surface area contributed by atoms with E-state index in [1.807, 2.05) is 6.92 Å².